The Balaban J connectivity index is 2.12. The van der Waals surface area contributed by atoms with Crippen LogP contribution in [0.3, 0.4) is 0 Å². The van der Waals surface area contributed by atoms with Crippen molar-refractivity contribution in [3.63, 3.8) is 0 Å². The normalized spacial score (nSPS) is 43.1. The maximum atomic E-state index is 10.1. The van der Waals surface area contributed by atoms with Crippen molar-refractivity contribution in [2.24, 2.45) is 0 Å². The first kappa shape index (κ1) is 18.8. The first-order chi connectivity index (χ1) is 10.6. The molecule has 2 fully saturated rings. The topological polar surface area (TPSA) is 109 Å². The van der Waals surface area contributed by atoms with Crippen molar-refractivity contribution in [1.82, 2.24) is 0 Å². The van der Waals surface area contributed by atoms with Crippen molar-refractivity contribution >= 4 is 0 Å². The van der Waals surface area contributed by atoms with Crippen LogP contribution >= 0.6 is 0 Å². The standard InChI is InChI=1S/C16H28O7/c1-5-16(4,10-6-7-15(2,3)22-10)23-14-13(20)12(19)11(18)9(8-17)21-14/h5,9-14,17-20H,1,6-8H2,2-4H3/t9-,10+,11-,12+,13-,14+,16?/m1/s1. The Kier molecular flexibility index (Phi) is 5.52. The van der Waals surface area contributed by atoms with Gasteiger partial charge in [-0.1, -0.05) is 6.08 Å². The molecule has 23 heavy (non-hydrogen) atoms. The first-order valence-corrected chi connectivity index (χ1v) is 7.93. The van der Waals surface area contributed by atoms with E-state index in [0.29, 0.717) is 0 Å². The Morgan fingerprint density at radius 3 is 2.39 bits per heavy atom. The van der Waals surface area contributed by atoms with E-state index in [1.807, 2.05) is 13.8 Å². The highest BCUT2D eigenvalue weighted by Gasteiger charge is 2.49. The summed E-state index contributed by atoms with van der Waals surface area (Å²) in [5.74, 6) is 0. The highest BCUT2D eigenvalue weighted by Crippen LogP contribution is 2.38. The zero-order chi connectivity index (χ0) is 17.4. The summed E-state index contributed by atoms with van der Waals surface area (Å²) in [6, 6.07) is 0. The lowest BCUT2D eigenvalue weighted by molar-refractivity contribution is -0.328. The molecule has 7 nitrogen and oxygen atoms in total. The predicted molar refractivity (Wildman–Crippen MR) is 81.6 cm³/mol. The van der Waals surface area contributed by atoms with Crippen LogP contribution < -0.4 is 0 Å². The minimum absolute atomic E-state index is 0.270. The van der Waals surface area contributed by atoms with E-state index in [4.69, 9.17) is 14.2 Å². The molecule has 0 saturated carbocycles. The molecule has 2 aliphatic heterocycles. The highest BCUT2D eigenvalue weighted by molar-refractivity contribution is 5.05. The molecular formula is C16H28O7. The van der Waals surface area contributed by atoms with Crippen molar-refractivity contribution < 1.29 is 34.6 Å². The average Bonchev–Trinajstić information content (AvgIpc) is 2.88. The van der Waals surface area contributed by atoms with Crippen LogP contribution in [0.4, 0.5) is 0 Å². The third-order valence-electron chi connectivity index (χ3n) is 4.73. The Morgan fingerprint density at radius 2 is 1.91 bits per heavy atom. The van der Waals surface area contributed by atoms with Gasteiger partial charge in [0, 0.05) is 0 Å². The van der Waals surface area contributed by atoms with Gasteiger partial charge in [-0.05, 0) is 33.6 Å². The third-order valence-corrected chi connectivity index (χ3v) is 4.73. The van der Waals surface area contributed by atoms with E-state index in [1.54, 1.807) is 13.0 Å². The summed E-state index contributed by atoms with van der Waals surface area (Å²) < 4.78 is 17.3. The molecule has 1 unspecified atom stereocenters. The van der Waals surface area contributed by atoms with Gasteiger partial charge >= 0.3 is 0 Å². The Hall–Kier alpha value is -0.540. The molecule has 0 aromatic rings. The molecule has 7 heteroatoms. The summed E-state index contributed by atoms with van der Waals surface area (Å²) in [6.45, 7) is 9.04. The molecule has 0 amide bonds. The second-order valence-corrected chi connectivity index (χ2v) is 7.11. The summed E-state index contributed by atoms with van der Waals surface area (Å²) in [5, 5.41) is 39.0. The highest BCUT2D eigenvalue weighted by atomic mass is 16.7. The van der Waals surface area contributed by atoms with Crippen molar-refractivity contribution in [2.75, 3.05) is 6.61 Å². The molecular weight excluding hydrogens is 304 g/mol. The van der Waals surface area contributed by atoms with Crippen molar-refractivity contribution in [1.29, 1.82) is 0 Å². The fourth-order valence-corrected chi connectivity index (χ4v) is 3.06. The molecule has 0 aromatic heterocycles. The second kappa shape index (κ2) is 6.76. The number of aliphatic hydroxyl groups is 4. The molecule has 2 heterocycles. The fraction of sp³-hybridized carbons (Fsp3) is 0.875. The Bertz CT molecular complexity index is 425. The van der Waals surface area contributed by atoms with E-state index >= 15 is 0 Å². The second-order valence-electron chi connectivity index (χ2n) is 7.11. The van der Waals surface area contributed by atoms with Crippen LogP contribution in [0.15, 0.2) is 12.7 Å². The SMILES string of the molecule is C=CC(C)(O[C@@H]1O[C@H](CO)[C@@H](O)[C@H](O)[C@H]1O)[C@@H]1CCC(C)(C)O1. The number of ether oxygens (including phenoxy) is 3. The molecule has 0 aromatic carbocycles. The van der Waals surface area contributed by atoms with Crippen LogP contribution in [-0.2, 0) is 14.2 Å². The van der Waals surface area contributed by atoms with E-state index in [1.165, 1.54) is 0 Å². The summed E-state index contributed by atoms with van der Waals surface area (Å²) in [6.07, 6.45) is -3.61. The maximum absolute atomic E-state index is 10.1. The zero-order valence-corrected chi connectivity index (χ0v) is 13.9. The number of aliphatic hydroxyl groups excluding tert-OH is 4. The maximum Gasteiger partial charge on any atom is 0.187 e. The monoisotopic (exact) mass is 332 g/mol. The predicted octanol–water partition coefficient (Wildman–Crippen LogP) is -0.295. The zero-order valence-electron chi connectivity index (χ0n) is 13.9. The minimum Gasteiger partial charge on any atom is -0.394 e. The van der Waals surface area contributed by atoms with Crippen molar-refractivity contribution in [3.8, 4) is 0 Å². The summed E-state index contributed by atoms with van der Waals surface area (Å²) in [5.41, 5.74) is -1.21. The van der Waals surface area contributed by atoms with Crippen LogP contribution in [0.5, 0.6) is 0 Å². The lowest BCUT2D eigenvalue weighted by atomic mass is 9.94. The quantitative estimate of drug-likeness (QED) is 0.512. The van der Waals surface area contributed by atoms with Gasteiger partial charge in [-0.3, -0.25) is 0 Å². The molecule has 4 N–H and O–H groups in total. The average molecular weight is 332 g/mol. The fourth-order valence-electron chi connectivity index (χ4n) is 3.06. The molecule has 134 valence electrons. The van der Waals surface area contributed by atoms with Gasteiger partial charge < -0.3 is 34.6 Å². The smallest absolute Gasteiger partial charge is 0.187 e. The number of rotatable bonds is 5. The summed E-state index contributed by atoms with van der Waals surface area (Å²) >= 11 is 0. The molecule has 0 spiro atoms. The van der Waals surface area contributed by atoms with E-state index in [0.717, 1.165) is 12.8 Å². The Morgan fingerprint density at radius 1 is 1.26 bits per heavy atom. The third kappa shape index (κ3) is 3.76. The summed E-state index contributed by atoms with van der Waals surface area (Å²) in [7, 11) is 0. The van der Waals surface area contributed by atoms with Gasteiger partial charge in [0.1, 0.15) is 30.0 Å². The molecule has 7 atom stereocenters. The molecule has 0 aliphatic carbocycles. The Labute approximate surface area is 136 Å². The van der Waals surface area contributed by atoms with Gasteiger partial charge in [-0.25, -0.2) is 0 Å². The lowest BCUT2D eigenvalue weighted by Gasteiger charge is -2.44. The van der Waals surface area contributed by atoms with Crippen LogP contribution in [-0.4, -0.2) is 75.0 Å². The van der Waals surface area contributed by atoms with Crippen molar-refractivity contribution in [2.45, 2.75) is 81.6 Å². The number of hydrogen-bond acceptors (Lipinski definition) is 7. The van der Waals surface area contributed by atoms with Gasteiger partial charge in [0.05, 0.1) is 18.3 Å². The molecule has 0 bridgehead atoms. The van der Waals surface area contributed by atoms with Gasteiger partial charge in [0.15, 0.2) is 6.29 Å². The van der Waals surface area contributed by atoms with E-state index < -0.39 is 42.9 Å². The van der Waals surface area contributed by atoms with E-state index in [-0.39, 0.29) is 11.7 Å². The first-order valence-electron chi connectivity index (χ1n) is 7.93. The summed E-state index contributed by atoms with van der Waals surface area (Å²) in [4.78, 5) is 0. The lowest BCUT2D eigenvalue weighted by Crippen LogP contribution is -2.61. The number of hydrogen-bond donors (Lipinski definition) is 4. The van der Waals surface area contributed by atoms with E-state index in [2.05, 4.69) is 6.58 Å². The van der Waals surface area contributed by atoms with Gasteiger partial charge in [0.25, 0.3) is 0 Å². The minimum atomic E-state index is -1.47. The molecule has 2 aliphatic rings. The van der Waals surface area contributed by atoms with Crippen LogP contribution in [0.2, 0.25) is 0 Å². The van der Waals surface area contributed by atoms with Gasteiger partial charge in [-0.2, -0.15) is 0 Å². The van der Waals surface area contributed by atoms with Crippen LogP contribution in [0.25, 0.3) is 0 Å². The molecule has 2 saturated heterocycles. The van der Waals surface area contributed by atoms with E-state index in [9.17, 15) is 20.4 Å². The van der Waals surface area contributed by atoms with Crippen LogP contribution in [0.1, 0.15) is 33.6 Å². The van der Waals surface area contributed by atoms with Gasteiger partial charge in [0.2, 0.25) is 0 Å². The van der Waals surface area contributed by atoms with Gasteiger partial charge in [-0.15, -0.1) is 6.58 Å². The van der Waals surface area contributed by atoms with Crippen molar-refractivity contribution in [3.05, 3.63) is 12.7 Å². The van der Waals surface area contributed by atoms with Crippen LogP contribution in [0, 0.1) is 0 Å². The molecule has 2 rings (SSSR count). The molecule has 0 radical (unpaired) electrons. The largest absolute Gasteiger partial charge is 0.394 e.